The topological polar surface area (TPSA) is 32.7 Å². The van der Waals surface area contributed by atoms with E-state index in [0.717, 1.165) is 5.56 Å². The number of ether oxygens (including phenoxy) is 1. The van der Waals surface area contributed by atoms with Crippen LogP contribution in [0.5, 0.6) is 0 Å². The first-order chi connectivity index (χ1) is 8.02. The minimum Gasteiger partial charge on any atom is -0.389 e. The van der Waals surface area contributed by atoms with E-state index in [1.165, 1.54) is 6.07 Å². The van der Waals surface area contributed by atoms with Crippen LogP contribution in [0.3, 0.4) is 0 Å². The smallest absolute Gasteiger partial charge is 0.126 e. The number of nitrogens with zero attached hydrogens (tertiary/aromatic N) is 1. The van der Waals surface area contributed by atoms with Crippen LogP contribution in [-0.4, -0.2) is 43.4 Å². The quantitative estimate of drug-likeness (QED) is 0.820. The third-order valence-electron chi connectivity index (χ3n) is 2.56. The van der Waals surface area contributed by atoms with Crippen LogP contribution in [-0.2, 0) is 11.3 Å². The second-order valence-corrected chi connectivity index (χ2v) is 4.39. The first-order valence-electron chi connectivity index (χ1n) is 5.63. The molecule has 0 aromatic heterocycles. The fourth-order valence-electron chi connectivity index (χ4n) is 1.79. The lowest BCUT2D eigenvalue weighted by Crippen LogP contribution is -2.31. The van der Waals surface area contributed by atoms with Crippen LogP contribution >= 0.6 is 0 Å². The van der Waals surface area contributed by atoms with Gasteiger partial charge in [-0.3, -0.25) is 4.90 Å². The van der Waals surface area contributed by atoms with E-state index in [-0.39, 0.29) is 5.82 Å². The maximum Gasteiger partial charge on any atom is 0.126 e. The van der Waals surface area contributed by atoms with Gasteiger partial charge in [-0.25, -0.2) is 4.39 Å². The number of aliphatic hydroxyl groups excluding tert-OH is 1. The Morgan fingerprint density at radius 2 is 2.18 bits per heavy atom. The van der Waals surface area contributed by atoms with Crippen molar-refractivity contribution in [3.05, 3.63) is 35.1 Å². The molecule has 96 valence electrons. The number of methoxy groups -OCH3 is 1. The van der Waals surface area contributed by atoms with Crippen LogP contribution in [0, 0.1) is 12.7 Å². The molecule has 4 heteroatoms. The summed E-state index contributed by atoms with van der Waals surface area (Å²) in [6, 6.07) is 5.07. The van der Waals surface area contributed by atoms with E-state index in [1.54, 1.807) is 20.1 Å². The summed E-state index contributed by atoms with van der Waals surface area (Å²) < 4.78 is 17.9. The van der Waals surface area contributed by atoms with Gasteiger partial charge in [0.25, 0.3) is 0 Å². The SMILES string of the molecule is COCC(O)CN(C)Cc1ccc(F)c(C)c1. The van der Waals surface area contributed by atoms with E-state index in [4.69, 9.17) is 4.74 Å². The summed E-state index contributed by atoms with van der Waals surface area (Å²) in [5, 5.41) is 9.57. The van der Waals surface area contributed by atoms with Crippen LogP contribution in [0.4, 0.5) is 4.39 Å². The first kappa shape index (κ1) is 14.1. The average molecular weight is 241 g/mol. The molecule has 1 atom stereocenters. The van der Waals surface area contributed by atoms with Gasteiger partial charge in [0.15, 0.2) is 0 Å². The molecule has 1 unspecified atom stereocenters. The summed E-state index contributed by atoms with van der Waals surface area (Å²) in [6.07, 6.45) is -0.494. The number of hydrogen-bond acceptors (Lipinski definition) is 3. The van der Waals surface area contributed by atoms with Crippen LogP contribution < -0.4 is 0 Å². The molecule has 0 amide bonds. The van der Waals surface area contributed by atoms with Crippen molar-refractivity contribution >= 4 is 0 Å². The molecular weight excluding hydrogens is 221 g/mol. The molecule has 17 heavy (non-hydrogen) atoms. The highest BCUT2D eigenvalue weighted by atomic mass is 19.1. The zero-order valence-electron chi connectivity index (χ0n) is 10.6. The molecule has 0 fully saturated rings. The zero-order valence-corrected chi connectivity index (χ0v) is 10.6. The van der Waals surface area contributed by atoms with Crippen molar-refractivity contribution in [1.82, 2.24) is 4.90 Å². The predicted octanol–water partition coefficient (Wildman–Crippen LogP) is 1.57. The fraction of sp³-hybridized carbons (Fsp3) is 0.538. The van der Waals surface area contributed by atoms with Crippen LogP contribution in [0.1, 0.15) is 11.1 Å². The molecule has 0 bridgehead atoms. The number of hydrogen-bond donors (Lipinski definition) is 1. The maximum atomic E-state index is 13.1. The Morgan fingerprint density at radius 3 is 2.76 bits per heavy atom. The van der Waals surface area contributed by atoms with Crippen molar-refractivity contribution in [2.75, 3.05) is 27.3 Å². The first-order valence-corrected chi connectivity index (χ1v) is 5.63. The van der Waals surface area contributed by atoms with Crippen molar-refractivity contribution in [2.24, 2.45) is 0 Å². The third kappa shape index (κ3) is 4.81. The maximum absolute atomic E-state index is 13.1. The fourth-order valence-corrected chi connectivity index (χ4v) is 1.79. The van der Waals surface area contributed by atoms with Crippen molar-refractivity contribution in [2.45, 2.75) is 19.6 Å². The molecule has 0 saturated carbocycles. The number of aliphatic hydroxyl groups is 1. The van der Waals surface area contributed by atoms with Gasteiger partial charge in [-0.1, -0.05) is 12.1 Å². The summed E-state index contributed by atoms with van der Waals surface area (Å²) in [4.78, 5) is 1.98. The van der Waals surface area contributed by atoms with Crippen molar-refractivity contribution in [3.8, 4) is 0 Å². The van der Waals surface area contributed by atoms with E-state index in [1.807, 2.05) is 18.0 Å². The van der Waals surface area contributed by atoms with Gasteiger partial charge in [0.2, 0.25) is 0 Å². The Balaban J connectivity index is 2.50. The standard InChI is InChI=1S/C13H20FNO2/c1-10-6-11(4-5-13(10)14)7-15(2)8-12(16)9-17-3/h4-6,12,16H,7-9H2,1-3H3. The lowest BCUT2D eigenvalue weighted by Gasteiger charge is -2.20. The Hall–Kier alpha value is -0.970. The minimum atomic E-state index is -0.494. The summed E-state index contributed by atoms with van der Waals surface area (Å²) >= 11 is 0. The van der Waals surface area contributed by atoms with E-state index < -0.39 is 6.10 Å². The lowest BCUT2D eigenvalue weighted by atomic mass is 10.1. The normalized spacial score (nSPS) is 13.1. The largest absolute Gasteiger partial charge is 0.389 e. The molecule has 0 spiro atoms. The predicted molar refractivity (Wildman–Crippen MR) is 65.4 cm³/mol. The molecule has 3 nitrogen and oxygen atoms in total. The Morgan fingerprint density at radius 1 is 1.47 bits per heavy atom. The lowest BCUT2D eigenvalue weighted by molar-refractivity contribution is 0.0419. The van der Waals surface area contributed by atoms with Crippen molar-refractivity contribution in [1.29, 1.82) is 0 Å². The van der Waals surface area contributed by atoms with E-state index in [9.17, 15) is 9.50 Å². The van der Waals surface area contributed by atoms with E-state index in [2.05, 4.69) is 0 Å². The van der Waals surface area contributed by atoms with Crippen LogP contribution in [0.15, 0.2) is 18.2 Å². The van der Waals surface area contributed by atoms with Gasteiger partial charge in [0.1, 0.15) is 5.82 Å². The number of likely N-dealkylation sites (N-methyl/N-ethyl adjacent to an activating group) is 1. The summed E-state index contributed by atoms with van der Waals surface area (Å²) in [5.74, 6) is -0.184. The number of halogens is 1. The molecule has 0 radical (unpaired) electrons. The monoisotopic (exact) mass is 241 g/mol. The van der Waals surface area contributed by atoms with E-state index >= 15 is 0 Å². The molecule has 1 rings (SSSR count). The number of benzene rings is 1. The van der Waals surface area contributed by atoms with Crippen LogP contribution in [0.25, 0.3) is 0 Å². The zero-order chi connectivity index (χ0) is 12.8. The Bertz CT molecular complexity index is 357. The molecule has 0 aliphatic carbocycles. The van der Waals surface area contributed by atoms with Crippen molar-refractivity contribution < 1.29 is 14.2 Å². The summed E-state index contributed by atoms with van der Waals surface area (Å²) in [6.45, 7) is 3.29. The average Bonchev–Trinajstić information content (AvgIpc) is 2.23. The minimum absolute atomic E-state index is 0.184. The summed E-state index contributed by atoms with van der Waals surface area (Å²) in [7, 11) is 3.48. The molecule has 0 aliphatic rings. The molecule has 0 aliphatic heterocycles. The second kappa shape index (κ2) is 6.69. The second-order valence-electron chi connectivity index (χ2n) is 4.39. The molecule has 0 heterocycles. The van der Waals surface area contributed by atoms with Gasteiger partial charge in [-0.05, 0) is 31.2 Å². The van der Waals surface area contributed by atoms with Gasteiger partial charge in [-0.2, -0.15) is 0 Å². The highest BCUT2D eigenvalue weighted by Gasteiger charge is 2.08. The molecule has 1 aromatic rings. The van der Waals surface area contributed by atoms with Gasteiger partial charge >= 0.3 is 0 Å². The van der Waals surface area contributed by atoms with Gasteiger partial charge < -0.3 is 9.84 Å². The van der Waals surface area contributed by atoms with Gasteiger partial charge in [-0.15, -0.1) is 0 Å². The highest BCUT2D eigenvalue weighted by Crippen LogP contribution is 2.11. The highest BCUT2D eigenvalue weighted by molar-refractivity contribution is 5.23. The number of aryl methyl sites for hydroxylation is 1. The summed E-state index contributed by atoms with van der Waals surface area (Å²) in [5.41, 5.74) is 1.68. The molecule has 1 N–H and O–H groups in total. The molecular formula is C13H20FNO2. The Labute approximate surface area is 102 Å². The molecule has 1 aromatic carbocycles. The third-order valence-corrected chi connectivity index (χ3v) is 2.56. The van der Waals surface area contributed by atoms with Crippen molar-refractivity contribution in [3.63, 3.8) is 0 Å². The van der Waals surface area contributed by atoms with Gasteiger partial charge in [0.05, 0.1) is 12.7 Å². The number of rotatable bonds is 6. The molecule has 0 saturated heterocycles. The van der Waals surface area contributed by atoms with Gasteiger partial charge in [0, 0.05) is 20.2 Å². The van der Waals surface area contributed by atoms with Crippen LogP contribution in [0.2, 0.25) is 0 Å². The van der Waals surface area contributed by atoms with E-state index in [0.29, 0.717) is 25.3 Å². The Kier molecular flexibility index (Phi) is 5.55.